The van der Waals surface area contributed by atoms with E-state index in [4.69, 9.17) is 14.0 Å². The van der Waals surface area contributed by atoms with Crippen LogP contribution in [0.5, 0.6) is 0 Å². The predicted octanol–water partition coefficient (Wildman–Crippen LogP) is 0.553. The molecule has 10 nitrogen and oxygen atoms in total. The molecule has 1 aromatic rings. The molecule has 146 valence electrons. The van der Waals surface area contributed by atoms with E-state index in [0.717, 1.165) is 12.8 Å². The van der Waals surface area contributed by atoms with Gasteiger partial charge in [0, 0.05) is 12.3 Å². The van der Waals surface area contributed by atoms with E-state index in [9.17, 15) is 18.9 Å². The molecule has 26 heavy (non-hydrogen) atoms. The van der Waals surface area contributed by atoms with Crippen molar-refractivity contribution >= 4 is 14.1 Å². The van der Waals surface area contributed by atoms with Crippen LogP contribution < -0.4 is 16.3 Å². The van der Waals surface area contributed by atoms with Gasteiger partial charge in [0.1, 0.15) is 12.8 Å². The number of hydrogen-bond acceptors (Lipinski definition) is 7. The van der Waals surface area contributed by atoms with Crippen LogP contribution in [0.2, 0.25) is 0 Å². The van der Waals surface area contributed by atoms with Gasteiger partial charge in [-0.15, -0.1) is 0 Å². The molecule has 11 heteroatoms. The van der Waals surface area contributed by atoms with Gasteiger partial charge in [-0.2, -0.15) is 0 Å². The quantitative estimate of drug-likeness (QED) is 0.337. The molecule has 1 saturated heterocycles. The van der Waals surface area contributed by atoms with Gasteiger partial charge in [-0.1, -0.05) is 13.3 Å². The van der Waals surface area contributed by atoms with Gasteiger partial charge >= 0.3 is 11.7 Å². The number of nitrogens with zero attached hydrogens (tertiary/aromatic N) is 1. The first-order chi connectivity index (χ1) is 12.5. The van der Waals surface area contributed by atoms with E-state index < -0.39 is 31.6 Å². The average molecular weight is 389 g/mol. The van der Waals surface area contributed by atoms with Crippen LogP contribution in [0.3, 0.4) is 0 Å². The molecule has 1 aliphatic rings. The fourth-order valence-electron chi connectivity index (χ4n) is 2.41. The van der Waals surface area contributed by atoms with Crippen LogP contribution in [0.4, 0.5) is 0 Å². The van der Waals surface area contributed by atoms with Crippen LogP contribution in [0, 0.1) is 0 Å². The minimum Gasteiger partial charge on any atom is -0.465 e. The lowest BCUT2D eigenvalue weighted by Gasteiger charge is -2.15. The maximum atomic E-state index is 11.8. The van der Waals surface area contributed by atoms with Crippen LogP contribution in [0.15, 0.2) is 21.9 Å². The number of esters is 1. The number of unbranched alkanes of at least 4 members (excludes halogenated alkanes) is 1. The number of aromatic amines is 1. The lowest BCUT2D eigenvalue weighted by molar-refractivity contribution is -0.142. The number of aromatic nitrogens is 2. The van der Waals surface area contributed by atoms with Crippen molar-refractivity contribution < 1.29 is 23.4 Å². The molecule has 0 spiro atoms. The highest BCUT2D eigenvalue weighted by Crippen LogP contribution is 2.29. The molecular weight excluding hydrogens is 365 g/mol. The van der Waals surface area contributed by atoms with Gasteiger partial charge in [0.15, 0.2) is 0 Å². The number of carbonyl (C=O) groups is 1. The fourth-order valence-corrected chi connectivity index (χ4v) is 3.14. The second-order valence-electron chi connectivity index (χ2n) is 5.83. The first kappa shape index (κ1) is 20.6. The lowest BCUT2D eigenvalue weighted by atomic mass is 10.2. The summed E-state index contributed by atoms with van der Waals surface area (Å²) < 4.78 is 28.9. The molecule has 1 fully saturated rings. The summed E-state index contributed by atoms with van der Waals surface area (Å²) in [6, 6.07) is 1.25. The van der Waals surface area contributed by atoms with Crippen LogP contribution >= 0.6 is 8.18 Å². The molecule has 0 bridgehead atoms. The largest absolute Gasteiger partial charge is 0.465 e. The van der Waals surface area contributed by atoms with Gasteiger partial charge in [-0.05, 0) is 19.3 Å². The average Bonchev–Trinajstić information content (AvgIpc) is 3.07. The Morgan fingerprint density at radius 2 is 2.27 bits per heavy atom. The molecule has 2 rings (SSSR count). The molecule has 2 heterocycles. The zero-order valence-electron chi connectivity index (χ0n) is 14.6. The van der Waals surface area contributed by atoms with Gasteiger partial charge in [0.2, 0.25) is 0 Å². The van der Waals surface area contributed by atoms with Crippen molar-refractivity contribution in [3.63, 3.8) is 0 Å². The van der Waals surface area contributed by atoms with Crippen molar-refractivity contribution in [2.24, 2.45) is 0 Å². The number of carbonyl (C=O) groups excluding carboxylic acids is 1. The van der Waals surface area contributed by atoms with Crippen LogP contribution in [-0.2, 0) is 23.4 Å². The Balaban J connectivity index is 1.69. The molecule has 3 atom stereocenters. The van der Waals surface area contributed by atoms with E-state index >= 15 is 0 Å². The van der Waals surface area contributed by atoms with E-state index in [1.54, 1.807) is 0 Å². The molecule has 0 radical (unpaired) electrons. The number of H-pyrrole nitrogens is 1. The summed E-state index contributed by atoms with van der Waals surface area (Å²) in [5.41, 5.74) is -1.01. The van der Waals surface area contributed by atoms with E-state index in [2.05, 4.69) is 10.1 Å². The topological polar surface area (TPSA) is 129 Å². The smallest absolute Gasteiger partial charge is 0.330 e. The minimum atomic E-state index is -2.59. The normalized spacial score (nSPS) is 20.8. The minimum absolute atomic E-state index is 0.0737. The Morgan fingerprint density at radius 1 is 1.46 bits per heavy atom. The molecule has 1 aromatic heterocycles. The third-order valence-electron chi connectivity index (χ3n) is 3.78. The van der Waals surface area contributed by atoms with E-state index in [0.29, 0.717) is 19.4 Å². The fraction of sp³-hybridized carbons (Fsp3) is 0.667. The van der Waals surface area contributed by atoms with E-state index in [1.165, 1.54) is 16.8 Å². The SMILES string of the molecule is CCCCOC(=O)CN[PH](=O)OCC1CCC(n2ccc(=O)[nH]c2=O)O1. The van der Waals surface area contributed by atoms with Gasteiger partial charge in [0.05, 0.1) is 19.3 Å². The summed E-state index contributed by atoms with van der Waals surface area (Å²) in [7, 11) is -2.59. The molecule has 0 aliphatic carbocycles. The van der Waals surface area contributed by atoms with Crippen molar-refractivity contribution in [1.82, 2.24) is 14.6 Å². The Morgan fingerprint density at radius 3 is 3.00 bits per heavy atom. The second kappa shape index (κ2) is 10.4. The number of hydrogen-bond donors (Lipinski definition) is 2. The maximum absolute atomic E-state index is 11.8. The summed E-state index contributed by atoms with van der Waals surface area (Å²) in [4.78, 5) is 36.4. The molecule has 1 aliphatic heterocycles. The summed E-state index contributed by atoms with van der Waals surface area (Å²) in [6.45, 7) is 2.23. The Bertz CT molecular complexity index is 732. The van der Waals surface area contributed by atoms with E-state index in [-0.39, 0.29) is 19.3 Å². The summed E-state index contributed by atoms with van der Waals surface area (Å²) >= 11 is 0. The van der Waals surface area contributed by atoms with Crippen LogP contribution in [0.1, 0.15) is 38.8 Å². The maximum Gasteiger partial charge on any atom is 0.330 e. The first-order valence-corrected chi connectivity index (χ1v) is 9.84. The van der Waals surface area contributed by atoms with Crippen molar-refractivity contribution in [2.45, 2.75) is 44.9 Å². The highest BCUT2D eigenvalue weighted by atomic mass is 31.1. The first-order valence-electron chi connectivity index (χ1n) is 8.52. The van der Waals surface area contributed by atoms with E-state index in [1.807, 2.05) is 6.92 Å². The number of ether oxygens (including phenoxy) is 2. The van der Waals surface area contributed by atoms with Crippen LogP contribution in [0.25, 0.3) is 0 Å². The second-order valence-corrected chi connectivity index (χ2v) is 7.05. The standard InChI is InChI=1S/C15H24N3O7P/c1-2-3-8-23-14(20)9-16-26(22)24-10-11-4-5-13(25-11)18-7-6-12(19)17-15(18)21/h6-7,11,13,26H,2-5,8-10H2,1H3,(H,16,22)(H,17,19,21). The van der Waals surface area contributed by atoms with Gasteiger partial charge < -0.3 is 14.0 Å². The lowest BCUT2D eigenvalue weighted by Crippen LogP contribution is -2.31. The summed E-state index contributed by atoms with van der Waals surface area (Å²) in [6.07, 6.45) is 3.44. The molecule has 2 N–H and O–H groups in total. The van der Waals surface area contributed by atoms with Crippen molar-refractivity contribution in [2.75, 3.05) is 19.8 Å². The predicted molar refractivity (Wildman–Crippen MR) is 93.3 cm³/mol. The Labute approximate surface area is 150 Å². The summed E-state index contributed by atoms with van der Waals surface area (Å²) in [5.74, 6) is -0.477. The molecular formula is C15H24N3O7P. The Hall–Kier alpha value is -1.74. The molecule has 3 unspecified atom stereocenters. The zero-order valence-corrected chi connectivity index (χ0v) is 15.6. The van der Waals surface area contributed by atoms with Gasteiger partial charge in [-0.3, -0.25) is 23.7 Å². The Kier molecular flexibility index (Phi) is 8.24. The molecule has 0 saturated carbocycles. The number of rotatable bonds is 10. The molecule has 0 aromatic carbocycles. The van der Waals surface area contributed by atoms with Gasteiger partial charge in [0.25, 0.3) is 13.7 Å². The van der Waals surface area contributed by atoms with Crippen LogP contribution in [-0.4, -0.2) is 41.4 Å². The molecule has 0 amide bonds. The van der Waals surface area contributed by atoms with Gasteiger partial charge in [-0.25, -0.2) is 9.88 Å². The van der Waals surface area contributed by atoms with Crippen molar-refractivity contribution in [1.29, 1.82) is 0 Å². The third kappa shape index (κ3) is 6.53. The third-order valence-corrected chi connectivity index (χ3v) is 4.68. The summed E-state index contributed by atoms with van der Waals surface area (Å²) in [5, 5.41) is 2.49. The number of nitrogens with one attached hydrogen (secondary N) is 2. The zero-order chi connectivity index (χ0) is 18.9. The highest BCUT2D eigenvalue weighted by molar-refractivity contribution is 7.36. The highest BCUT2D eigenvalue weighted by Gasteiger charge is 2.27. The van der Waals surface area contributed by atoms with Crippen molar-refractivity contribution in [3.8, 4) is 0 Å². The van der Waals surface area contributed by atoms with Crippen molar-refractivity contribution in [3.05, 3.63) is 33.1 Å². The monoisotopic (exact) mass is 389 g/mol.